The van der Waals surface area contributed by atoms with E-state index >= 15 is 0 Å². The third kappa shape index (κ3) is 2.95. The first-order valence-corrected chi connectivity index (χ1v) is 5.67. The molecule has 2 radical (unpaired) electrons. The van der Waals surface area contributed by atoms with Gasteiger partial charge in [-0.2, -0.15) is 0 Å². The van der Waals surface area contributed by atoms with Crippen LogP contribution in [0.2, 0.25) is 3.49 Å². The van der Waals surface area contributed by atoms with E-state index < -0.39 is 0 Å². The topological polar surface area (TPSA) is 0 Å². The molecule has 0 aliphatic heterocycles. The van der Waals surface area contributed by atoms with Gasteiger partial charge in [-0.05, 0) is 0 Å². The van der Waals surface area contributed by atoms with Gasteiger partial charge in [0.2, 0.25) is 0 Å². The first-order chi connectivity index (χ1) is 4.79. The monoisotopic (exact) mass is 256 g/mol. The van der Waals surface area contributed by atoms with Gasteiger partial charge in [-0.3, -0.25) is 0 Å². The van der Waals surface area contributed by atoms with Crippen molar-refractivity contribution in [3.05, 3.63) is 35.9 Å². The standard InChI is InChI=1S/C8H10As2/c9-8(10)6-7-4-2-1-3-5-7/h1-5,8-10H,6H2. The molecule has 0 unspecified atom stereocenters. The molecule has 0 fully saturated rings. The fourth-order valence-corrected chi connectivity index (χ4v) is 1.84. The predicted octanol–water partition coefficient (Wildman–Crippen LogP) is 0.777. The third-order valence-electron chi connectivity index (χ3n) is 1.28. The van der Waals surface area contributed by atoms with Crippen molar-refractivity contribution in [3.8, 4) is 0 Å². The molecule has 1 aromatic rings. The molecule has 1 rings (SSSR count). The molecule has 0 atom stereocenters. The molecular formula is C8H10As2. The molecule has 0 aliphatic rings. The average molecular weight is 256 g/mol. The normalized spacial score (nSPS) is 10.3. The van der Waals surface area contributed by atoms with E-state index in [-0.39, 0.29) is 0 Å². The zero-order chi connectivity index (χ0) is 7.40. The molecule has 0 nitrogen and oxygen atoms in total. The van der Waals surface area contributed by atoms with Gasteiger partial charge < -0.3 is 0 Å². The first kappa shape index (κ1) is 8.43. The van der Waals surface area contributed by atoms with Crippen LogP contribution in [-0.2, 0) is 6.42 Å². The van der Waals surface area contributed by atoms with Gasteiger partial charge >= 0.3 is 79.5 Å². The molecule has 0 aliphatic carbocycles. The van der Waals surface area contributed by atoms with Gasteiger partial charge in [-0.1, -0.05) is 0 Å². The molecule has 52 valence electrons. The minimum absolute atomic E-state index is 0.766. The Bertz CT molecular complexity index is 182. The fraction of sp³-hybridized carbons (Fsp3) is 0.250. The summed E-state index contributed by atoms with van der Waals surface area (Å²) in [6.07, 6.45) is 1.20. The quantitative estimate of drug-likeness (QED) is 0.686. The molecule has 0 heterocycles. The van der Waals surface area contributed by atoms with Gasteiger partial charge in [0.15, 0.2) is 0 Å². The Kier molecular flexibility index (Phi) is 3.60. The van der Waals surface area contributed by atoms with Crippen LogP contribution in [0, 0.1) is 0 Å². The summed E-state index contributed by atoms with van der Waals surface area (Å²) in [4.78, 5) is 0. The minimum atomic E-state index is 0.766. The van der Waals surface area contributed by atoms with Gasteiger partial charge in [0.1, 0.15) is 0 Å². The van der Waals surface area contributed by atoms with Crippen molar-refractivity contribution in [3.63, 3.8) is 0 Å². The van der Waals surface area contributed by atoms with E-state index in [9.17, 15) is 0 Å². The second kappa shape index (κ2) is 4.26. The van der Waals surface area contributed by atoms with E-state index in [4.69, 9.17) is 0 Å². The van der Waals surface area contributed by atoms with Crippen LogP contribution < -0.4 is 0 Å². The van der Waals surface area contributed by atoms with Gasteiger partial charge in [0, 0.05) is 0 Å². The van der Waals surface area contributed by atoms with Gasteiger partial charge in [0.25, 0.3) is 0 Å². The van der Waals surface area contributed by atoms with Crippen LogP contribution in [0.4, 0.5) is 0 Å². The molecule has 0 bridgehead atoms. The molecule has 10 heavy (non-hydrogen) atoms. The predicted molar refractivity (Wildman–Crippen MR) is 48.2 cm³/mol. The molecule has 0 saturated carbocycles. The molecule has 0 N–H and O–H groups in total. The molecule has 0 amide bonds. The Morgan fingerprint density at radius 3 is 2.20 bits per heavy atom. The van der Waals surface area contributed by atoms with E-state index in [2.05, 4.69) is 64.0 Å². The van der Waals surface area contributed by atoms with E-state index in [1.54, 1.807) is 0 Å². The van der Waals surface area contributed by atoms with Crippen molar-refractivity contribution >= 4 is 33.7 Å². The zero-order valence-electron chi connectivity index (χ0n) is 5.67. The summed E-state index contributed by atoms with van der Waals surface area (Å²) in [7, 11) is 0. The van der Waals surface area contributed by atoms with Gasteiger partial charge in [-0.25, -0.2) is 0 Å². The zero-order valence-corrected chi connectivity index (χ0v) is 9.87. The molecule has 1 aromatic carbocycles. The molecule has 2 heteroatoms. The second-order valence-corrected chi connectivity index (χ2v) is 7.71. The number of benzene rings is 1. The van der Waals surface area contributed by atoms with E-state index in [0.717, 1.165) is 3.49 Å². The van der Waals surface area contributed by atoms with Crippen LogP contribution >= 0.6 is 0 Å². The summed E-state index contributed by atoms with van der Waals surface area (Å²) in [5.74, 6) is 0. The van der Waals surface area contributed by atoms with Crippen LogP contribution in [0.5, 0.6) is 0 Å². The van der Waals surface area contributed by atoms with Crippen LogP contribution in [0.25, 0.3) is 0 Å². The Balaban J connectivity index is 2.59. The Morgan fingerprint density at radius 1 is 1.10 bits per heavy atom. The van der Waals surface area contributed by atoms with Crippen molar-refractivity contribution in [2.45, 2.75) is 9.91 Å². The third-order valence-corrected chi connectivity index (χ3v) is 2.14. The number of rotatable bonds is 2. The Morgan fingerprint density at radius 2 is 1.70 bits per heavy atom. The SMILES string of the molecule is [AsH]C([AsH])Cc1ccccc1. The van der Waals surface area contributed by atoms with Crippen molar-refractivity contribution in [1.82, 2.24) is 0 Å². The molecule has 0 spiro atoms. The summed E-state index contributed by atoms with van der Waals surface area (Å²) in [5.41, 5.74) is 1.44. The second-order valence-electron chi connectivity index (χ2n) is 2.24. The van der Waals surface area contributed by atoms with Crippen molar-refractivity contribution in [1.29, 1.82) is 0 Å². The van der Waals surface area contributed by atoms with E-state index in [1.807, 2.05) is 0 Å². The van der Waals surface area contributed by atoms with Crippen LogP contribution in [0.3, 0.4) is 0 Å². The fourth-order valence-electron chi connectivity index (χ4n) is 0.850. The Hall–Kier alpha value is 0.337. The first-order valence-electron chi connectivity index (χ1n) is 3.25. The Labute approximate surface area is 79.4 Å². The number of hydrogen-bond donors (Lipinski definition) is 0. The van der Waals surface area contributed by atoms with Crippen molar-refractivity contribution in [2.24, 2.45) is 0 Å². The van der Waals surface area contributed by atoms with E-state index in [0.29, 0.717) is 0 Å². The van der Waals surface area contributed by atoms with Crippen LogP contribution in [0.15, 0.2) is 30.3 Å². The maximum absolute atomic E-state index is 2.24. The van der Waals surface area contributed by atoms with E-state index in [1.165, 1.54) is 12.0 Å². The summed E-state index contributed by atoms with van der Waals surface area (Å²) in [5, 5.41) is 0. The van der Waals surface area contributed by atoms with Gasteiger partial charge in [0.05, 0.1) is 0 Å². The summed E-state index contributed by atoms with van der Waals surface area (Å²) >= 11 is 4.49. The van der Waals surface area contributed by atoms with Crippen LogP contribution in [0.1, 0.15) is 5.56 Å². The molecule has 0 saturated heterocycles. The maximum atomic E-state index is 2.24. The average Bonchev–Trinajstić information content (AvgIpc) is 1.88. The summed E-state index contributed by atoms with van der Waals surface area (Å²) < 4.78 is 0.766. The van der Waals surface area contributed by atoms with Crippen molar-refractivity contribution < 1.29 is 0 Å². The van der Waals surface area contributed by atoms with Crippen molar-refractivity contribution in [2.75, 3.05) is 0 Å². The molecule has 0 aromatic heterocycles. The number of hydrogen-bond acceptors (Lipinski definition) is 0. The summed E-state index contributed by atoms with van der Waals surface area (Å²) in [6, 6.07) is 10.6. The molecular weight excluding hydrogens is 246 g/mol. The van der Waals surface area contributed by atoms with Gasteiger partial charge in [-0.15, -0.1) is 0 Å². The van der Waals surface area contributed by atoms with Crippen LogP contribution in [-0.4, -0.2) is 33.7 Å². The summed E-state index contributed by atoms with van der Waals surface area (Å²) in [6.45, 7) is 0.